The van der Waals surface area contributed by atoms with Crippen LogP contribution in [0.5, 0.6) is 0 Å². The molecule has 0 saturated carbocycles. The molecule has 0 aliphatic carbocycles. The molecule has 2 nitrogen and oxygen atoms in total. The van der Waals surface area contributed by atoms with E-state index >= 15 is 0 Å². The molecule has 4 heteroatoms. The molecule has 0 bridgehead atoms. The first-order valence-corrected chi connectivity index (χ1v) is 6.29. The molecule has 0 heterocycles. The van der Waals surface area contributed by atoms with Crippen LogP contribution in [0.25, 0.3) is 0 Å². The van der Waals surface area contributed by atoms with Crippen LogP contribution in [0.15, 0.2) is 24.3 Å². The molecule has 0 radical (unpaired) electrons. The summed E-state index contributed by atoms with van der Waals surface area (Å²) in [6.45, 7) is 1.97. The van der Waals surface area contributed by atoms with E-state index in [-0.39, 0.29) is 11.8 Å². The third-order valence-corrected chi connectivity index (χ3v) is 3.61. The van der Waals surface area contributed by atoms with Crippen LogP contribution < -0.4 is 5.73 Å². The third-order valence-electron chi connectivity index (χ3n) is 2.08. The van der Waals surface area contributed by atoms with Crippen molar-refractivity contribution in [1.82, 2.24) is 0 Å². The van der Waals surface area contributed by atoms with Gasteiger partial charge in [0.25, 0.3) is 0 Å². The molecule has 0 saturated heterocycles. The zero-order chi connectivity index (χ0) is 11.3. The first-order chi connectivity index (χ1) is 7.09. The zero-order valence-electron chi connectivity index (χ0n) is 8.66. The fourth-order valence-corrected chi connectivity index (χ4v) is 2.23. The van der Waals surface area contributed by atoms with Crippen molar-refractivity contribution in [2.45, 2.75) is 12.7 Å². The van der Waals surface area contributed by atoms with Crippen LogP contribution in [0.2, 0.25) is 5.02 Å². The number of nitrogens with one attached hydrogen (secondary N) is 1. The number of amidine groups is 1. The van der Waals surface area contributed by atoms with Gasteiger partial charge in [-0.1, -0.05) is 30.7 Å². The Bertz CT molecular complexity index is 324. The number of benzene rings is 1. The fourth-order valence-electron chi connectivity index (χ4n) is 1.02. The minimum Gasteiger partial charge on any atom is -0.387 e. The first kappa shape index (κ1) is 12.4. The standard InChI is InChI=1S/C11H15ClN2S/c1-8(11(13)14)6-15-7-9-2-4-10(12)5-3-9/h2-5,8H,6-7H2,1H3,(H3,13,14). The summed E-state index contributed by atoms with van der Waals surface area (Å²) < 4.78 is 0. The lowest BCUT2D eigenvalue weighted by molar-refractivity contribution is 0.879. The van der Waals surface area contributed by atoms with E-state index in [0.29, 0.717) is 0 Å². The summed E-state index contributed by atoms with van der Waals surface area (Å²) >= 11 is 7.57. The van der Waals surface area contributed by atoms with Crippen LogP contribution in [-0.4, -0.2) is 11.6 Å². The molecule has 0 aliphatic heterocycles. The van der Waals surface area contributed by atoms with E-state index < -0.39 is 0 Å². The number of thioether (sulfide) groups is 1. The Morgan fingerprint density at radius 2 is 2.07 bits per heavy atom. The van der Waals surface area contributed by atoms with Crippen LogP contribution in [0, 0.1) is 11.3 Å². The summed E-state index contributed by atoms with van der Waals surface area (Å²) in [4.78, 5) is 0. The van der Waals surface area contributed by atoms with Crippen LogP contribution >= 0.6 is 23.4 Å². The summed E-state index contributed by atoms with van der Waals surface area (Å²) in [5.74, 6) is 2.24. The summed E-state index contributed by atoms with van der Waals surface area (Å²) in [6, 6.07) is 7.83. The Labute approximate surface area is 99.7 Å². The molecular formula is C11H15ClN2S. The highest BCUT2D eigenvalue weighted by molar-refractivity contribution is 7.98. The van der Waals surface area contributed by atoms with Gasteiger partial charge >= 0.3 is 0 Å². The van der Waals surface area contributed by atoms with Crippen molar-refractivity contribution in [3.05, 3.63) is 34.9 Å². The minimum absolute atomic E-state index is 0.155. The van der Waals surface area contributed by atoms with Crippen molar-refractivity contribution >= 4 is 29.2 Å². The quantitative estimate of drug-likeness (QED) is 0.616. The first-order valence-electron chi connectivity index (χ1n) is 4.75. The van der Waals surface area contributed by atoms with Crippen molar-refractivity contribution in [2.75, 3.05) is 5.75 Å². The van der Waals surface area contributed by atoms with Crippen molar-refractivity contribution < 1.29 is 0 Å². The molecule has 1 atom stereocenters. The van der Waals surface area contributed by atoms with Crippen LogP contribution in [-0.2, 0) is 5.75 Å². The van der Waals surface area contributed by atoms with Gasteiger partial charge in [-0.25, -0.2) is 0 Å². The third kappa shape index (κ3) is 4.58. The average molecular weight is 243 g/mol. The van der Waals surface area contributed by atoms with Crippen molar-refractivity contribution in [3.63, 3.8) is 0 Å². The summed E-state index contributed by atoms with van der Waals surface area (Å²) in [5, 5.41) is 8.02. The number of hydrogen-bond acceptors (Lipinski definition) is 2. The predicted octanol–water partition coefficient (Wildman–Crippen LogP) is 3.15. The second-order valence-corrected chi connectivity index (χ2v) is 4.96. The highest BCUT2D eigenvalue weighted by Crippen LogP contribution is 2.17. The number of rotatable bonds is 5. The fraction of sp³-hybridized carbons (Fsp3) is 0.364. The Balaban J connectivity index is 2.32. The van der Waals surface area contributed by atoms with E-state index in [1.165, 1.54) is 5.56 Å². The minimum atomic E-state index is 0.155. The largest absolute Gasteiger partial charge is 0.387 e. The molecule has 1 aromatic carbocycles. The maximum Gasteiger partial charge on any atom is 0.0942 e. The molecule has 0 fully saturated rings. The zero-order valence-corrected chi connectivity index (χ0v) is 10.2. The molecular weight excluding hydrogens is 228 g/mol. The molecule has 82 valence electrons. The predicted molar refractivity (Wildman–Crippen MR) is 68.7 cm³/mol. The summed E-state index contributed by atoms with van der Waals surface area (Å²) in [6.07, 6.45) is 0. The molecule has 0 aromatic heterocycles. The summed E-state index contributed by atoms with van der Waals surface area (Å²) in [5.41, 5.74) is 6.64. The van der Waals surface area contributed by atoms with Gasteiger partial charge in [0.1, 0.15) is 0 Å². The molecule has 1 aromatic rings. The Morgan fingerprint density at radius 1 is 1.47 bits per heavy atom. The second kappa shape index (κ2) is 6.03. The summed E-state index contributed by atoms with van der Waals surface area (Å²) in [7, 11) is 0. The SMILES string of the molecule is CC(CSCc1ccc(Cl)cc1)C(=N)N. The smallest absolute Gasteiger partial charge is 0.0942 e. The second-order valence-electron chi connectivity index (χ2n) is 3.50. The normalized spacial score (nSPS) is 12.4. The highest BCUT2D eigenvalue weighted by Gasteiger charge is 2.04. The van der Waals surface area contributed by atoms with E-state index in [9.17, 15) is 0 Å². The Morgan fingerprint density at radius 3 is 2.60 bits per heavy atom. The van der Waals surface area contributed by atoms with Crippen molar-refractivity contribution in [3.8, 4) is 0 Å². The van der Waals surface area contributed by atoms with Crippen LogP contribution in [0.3, 0.4) is 0 Å². The molecule has 0 amide bonds. The topological polar surface area (TPSA) is 49.9 Å². The van der Waals surface area contributed by atoms with Gasteiger partial charge in [0.2, 0.25) is 0 Å². The molecule has 0 aliphatic rings. The van der Waals surface area contributed by atoms with E-state index in [2.05, 4.69) is 0 Å². The van der Waals surface area contributed by atoms with Gasteiger partial charge in [0.15, 0.2) is 0 Å². The number of nitrogens with two attached hydrogens (primary N) is 1. The van der Waals surface area contributed by atoms with Gasteiger partial charge in [-0.2, -0.15) is 11.8 Å². The van der Waals surface area contributed by atoms with E-state index in [4.69, 9.17) is 22.7 Å². The van der Waals surface area contributed by atoms with Crippen molar-refractivity contribution in [1.29, 1.82) is 5.41 Å². The lowest BCUT2D eigenvalue weighted by Gasteiger charge is -2.08. The molecule has 0 spiro atoms. The maximum absolute atomic E-state index is 7.26. The van der Waals surface area contributed by atoms with E-state index in [1.807, 2.05) is 31.2 Å². The number of hydrogen-bond donors (Lipinski definition) is 2. The lowest BCUT2D eigenvalue weighted by Crippen LogP contribution is -2.21. The van der Waals surface area contributed by atoms with Crippen LogP contribution in [0.4, 0.5) is 0 Å². The number of halogens is 1. The molecule has 1 rings (SSSR count). The van der Waals surface area contributed by atoms with Crippen LogP contribution in [0.1, 0.15) is 12.5 Å². The van der Waals surface area contributed by atoms with Gasteiger partial charge in [-0.05, 0) is 17.7 Å². The molecule has 15 heavy (non-hydrogen) atoms. The van der Waals surface area contributed by atoms with Crippen molar-refractivity contribution in [2.24, 2.45) is 11.7 Å². The highest BCUT2D eigenvalue weighted by atomic mass is 35.5. The Kier molecular flexibility index (Phi) is 4.99. The van der Waals surface area contributed by atoms with E-state index in [0.717, 1.165) is 16.5 Å². The van der Waals surface area contributed by atoms with Gasteiger partial charge in [-0.15, -0.1) is 0 Å². The van der Waals surface area contributed by atoms with Gasteiger partial charge in [0, 0.05) is 22.4 Å². The monoisotopic (exact) mass is 242 g/mol. The van der Waals surface area contributed by atoms with Gasteiger partial charge in [0.05, 0.1) is 5.84 Å². The molecule has 3 N–H and O–H groups in total. The maximum atomic E-state index is 7.26. The average Bonchev–Trinajstić information content (AvgIpc) is 2.20. The Hall–Kier alpha value is -0.670. The van der Waals surface area contributed by atoms with Gasteiger partial charge in [-0.3, -0.25) is 5.41 Å². The van der Waals surface area contributed by atoms with Gasteiger partial charge < -0.3 is 5.73 Å². The molecule has 1 unspecified atom stereocenters. The lowest BCUT2D eigenvalue weighted by atomic mass is 10.2. The van der Waals surface area contributed by atoms with E-state index in [1.54, 1.807) is 11.8 Å².